The molecule has 1 aromatic carbocycles. The van der Waals surface area contributed by atoms with E-state index in [-0.39, 0.29) is 17.4 Å². The Balaban J connectivity index is 2.09. The van der Waals surface area contributed by atoms with Crippen molar-refractivity contribution >= 4 is 34.9 Å². The largest absolute Gasteiger partial charge is 0.464 e. The molecule has 1 aliphatic rings. The summed E-state index contributed by atoms with van der Waals surface area (Å²) in [5.41, 5.74) is 2.45. The lowest BCUT2D eigenvalue weighted by Gasteiger charge is -2.30. The van der Waals surface area contributed by atoms with E-state index in [0.717, 1.165) is 5.57 Å². The van der Waals surface area contributed by atoms with Crippen molar-refractivity contribution in [2.24, 2.45) is 5.92 Å². The number of benzene rings is 1. The van der Waals surface area contributed by atoms with Gasteiger partial charge in [-0.2, -0.15) is 0 Å². The van der Waals surface area contributed by atoms with Crippen LogP contribution in [0.15, 0.2) is 36.4 Å². The highest BCUT2D eigenvalue weighted by Gasteiger charge is 2.28. The molecule has 1 amide bonds. The van der Waals surface area contributed by atoms with Crippen LogP contribution in [0.25, 0.3) is 5.57 Å². The molecule has 2 heterocycles. The van der Waals surface area contributed by atoms with Gasteiger partial charge in [0.05, 0.1) is 7.11 Å². The smallest absolute Gasteiger partial charge is 0.410 e. The molecule has 36 heavy (non-hydrogen) atoms. The highest BCUT2D eigenvalue weighted by molar-refractivity contribution is 6.09. The molecule has 0 fully saturated rings. The number of ether oxygens (including phenoxy) is 2. The second kappa shape index (κ2) is 10.9. The van der Waals surface area contributed by atoms with Crippen LogP contribution in [0.5, 0.6) is 0 Å². The first-order valence-electron chi connectivity index (χ1n) is 11.8. The number of rotatable bonds is 6. The first kappa shape index (κ1) is 26.8. The van der Waals surface area contributed by atoms with E-state index in [0.29, 0.717) is 47.9 Å². The van der Waals surface area contributed by atoms with Crippen LogP contribution in [-0.2, 0) is 9.47 Å². The zero-order valence-corrected chi connectivity index (χ0v) is 21.6. The van der Waals surface area contributed by atoms with Gasteiger partial charge in [0.25, 0.3) is 0 Å². The van der Waals surface area contributed by atoms with Crippen molar-refractivity contribution in [3.63, 3.8) is 0 Å². The fraction of sp³-hybridized carbons (Fsp3) is 0.407. The molecule has 0 spiro atoms. The third-order valence-corrected chi connectivity index (χ3v) is 5.57. The molecule has 0 aliphatic carbocycles. The standard InChI is InChI=1S/C27H33FN4O4/c1-16(2)23(29)22-20(17-11-13-32(14-12-17)26(34)36-27(3,4)5)15-21(25(33)35-6)31-24(22)30-19-9-7-18(28)8-10-19/h7-11,15-16,29H,12-14H2,1-6H3,(H,30,31). The van der Waals surface area contributed by atoms with E-state index in [9.17, 15) is 14.0 Å². The normalized spacial score (nSPS) is 13.8. The maximum atomic E-state index is 13.5. The van der Waals surface area contributed by atoms with Gasteiger partial charge in [-0.05, 0) is 74.6 Å². The number of anilines is 2. The first-order chi connectivity index (χ1) is 16.9. The Morgan fingerprint density at radius 2 is 1.86 bits per heavy atom. The highest BCUT2D eigenvalue weighted by atomic mass is 19.1. The van der Waals surface area contributed by atoms with E-state index in [1.54, 1.807) is 23.1 Å². The molecule has 0 unspecified atom stereocenters. The van der Waals surface area contributed by atoms with Gasteiger partial charge in [0.2, 0.25) is 0 Å². The van der Waals surface area contributed by atoms with Gasteiger partial charge in [-0.3, -0.25) is 0 Å². The fourth-order valence-corrected chi connectivity index (χ4v) is 3.74. The average Bonchev–Trinajstić information content (AvgIpc) is 2.83. The molecular weight excluding hydrogens is 463 g/mol. The number of pyridine rings is 1. The lowest BCUT2D eigenvalue weighted by atomic mass is 9.89. The second-order valence-electron chi connectivity index (χ2n) is 9.88. The molecule has 0 radical (unpaired) electrons. The number of nitrogens with zero attached hydrogens (tertiary/aromatic N) is 2. The SMILES string of the molecule is COC(=O)c1cc(C2=CCN(C(=O)OC(C)(C)C)CC2)c(C(=N)C(C)C)c(Nc2ccc(F)cc2)n1. The summed E-state index contributed by atoms with van der Waals surface area (Å²) < 4.78 is 23.9. The summed E-state index contributed by atoms with van der Waals surface area (Å²) in [6, 6.07) is 7.38. The summed E-state index contributed by atoms with van der Waals surface area (Å²) in [7, 11) is 1.28. The predicted octanol–water partition coefficient (Wildman–Crippen LogP) is 5.80. The monoisotopic (exact) mass is 496 g/mol. The minimum Gasteiger partial charge on any atom is -0.464 e. The number of hydrogen-bond acceptors (Lipinski definition) is 7. The Labute approximate surface area is 211 Å². The van der Waals surface area contributed by atoms with E-state index in [1.165, 1.54) is 19.2 Å². The summed E-state index contributed by atoms with van der Waals surface area (Å²) in [6.45, 7) is 10.0. The number of halogens is 1. The summed E-state index contributed by atoms with van der Waals surface area (Å²) in [4.78, 5) is 31.1. The summed E-state index contributed by atoms with van der Waals surface area (Å²) in [5, 5.41) is 12.0. The number of amides is 1. The quantitative estimate of drug-likeness (QED) is 0.387. The minimum absolute atomic E-state index is 0.0767. The summed E-state index contributed by atoms with van der Waals surface area (Å²) in [5.74, 6) is -0.832. The van der Waals surface area contributed by atoms with E-state index < -0.39 is 17.7 Å². The van der Waals surface area contributed by atoms with Crippen molar-refractivity contribution in [3.8, 4) is 0 Å². The third-order valence-electron chi connectivity index (χ3n) is 5.57. The lowest BCUT2D eigenvalue weighted by molar-refractivity contribution is 0.0270. The minimum atomic E-state index is -0.618. The summed E-state index contributed by atoms with van der Waals surface area (Å²) >= 11 is 0. The lowest BCUT2D eigenvalue weighted by Crippen LogP contribution is -2.39. The molecular formula is C27H33FN4O4. The fourth-order valence-electron chi connectivity index (χ4n) is 3.74. The van der Waals surface area contributed by atoms with Gasteiger partial charge < -0.3 is 25.1 Å². The molecule has 2 N–H and O–H groups in total. The molecule has 3 rings (SSSR count). The van der Waals surface area contributed by atoms with Crippen molar-refractivity contribution in [1.29, 1.82) is 5.41 Å². The third kappa shape index (κ3) is 6.47. The van der Waals surface area contributed by atoms with Gasteiger partial charge in [-0.25, -0.2) is 19.0 Å². The Kier molecular flexibility index (Phi) is 8.12. The van der Waals surface area contributed by atoms with Gasteiger partial charge in [0, 0.05) is 30.1 Å². The maximum Gasteiger partial charge on any atom is 0.410 e. The van der Waals surface area contributed by atoms with E-state index >= 15 is 0 Å². The Bertz CT molecular complexity index is 1180. The van der Waals surface area contributed by atoms with Crippen molar-refractivity contribution in [1.82, 2.24) is 9.88 Å². The van der Waals surface area contributed by atoms with Crippen molar-refractivity contribution < 1.29 is 23.5 Å². The Morgan fingerprint density at radius 3 is 2.39 bits per heavy atom. The number of carbonyl (C=O) groups is 2. The van der Waals surface area contributed by atoms with Crippen LogP contribution in [-0.4, -0.2) is 53.5 Å². The van der Waals surface area contributed by atoms with Crippen LogP contribution in [0.4, 0.5) is 20.7 Å². The van der Waals surface area contributed by atoms with E-state index in [2.05, 4.69) is 10.3 Å². The maximum absolute atomic E-state index is 13.5. The molecule has 9 heteroatoms. The van der Waals surface area contributed by atoms with Gasteiger partial charge in [-0.15, -0.1) is 0 Å². The number of hydrogen-bond donors (Lipinski definition) is 2. The zero-order valence-electron chi connectivity index (χ0n) is 21.6. The molecule has 0 atom stereocenters. The van der Waals surface area contributed by atoms with Crippen LogP contribution < -0.4 is 5.32 Å². The van der Waals surface area contributed by atoms with Crippen LogP contribution in [0.2, 0.25) is 0 Å². The van der Waals surface area contributed by atoms with Gasteiger partial charge in [-0.1, -0.05) is 19.9 Å². The Morgan fingerprint density at radius 1 is 1.19 bits per heavy atom. The molecule has 1 aromatic heterocycles. The number of carbonyl (C=O) groups excluding carboxylic acids is 2. The molecule has 1 aliphatic heterocycles. The van der Waals surface area contributed by atoms with Gasteiger partial charge in [0.1, 0.15) is 17.2 Å². The molecule has 8 nitrogen and oxygen atoms in total. The topological polar surface area (TPSA) is 105 Å². The molecule has 0 bridgehead atoms. The predicted molar refractivity (Wildman–Crippen MR) is 137 cm³/mol. The molecule has 0 saturated heterocycles. The van der Waals surface area contributed by atoms with Crippen LogP contribution in [0.3, 0.4) is 0 Å². The first-order valence-corrected chi connectivity index (χ1v) is 11.8. The van der Waals surface area contributed by atoms with Crippen molar-refractivity contribution in [3.05, 3.63) is 59.0 Å². The van der Waals surface area contributed by atoms with Gasteiger partial charge in [0.15, 0.2) is 5.69 Å². The number of methoxy groups -OCH3 is 1. The molecule has 2 aromatic rings. The van der Waals surface area contributed by atoms with Crippen molar-refractivity contribution in [2.45, 2.75) is 46.6 Å². The number of nitrogens with one attached hydrogen (secondary N) is 2. The number of esters is 1. The molecule has 0 saturated carbocycles. The van der Waals surface area contributed by atoms with Crippen molar-refractivity contribution in [2.75, 3.05) is 25.5 Å². The van der Waals surface area contributed by atoms with E-state index in [1.807, 2.05) is 40.7 Å². The second-order valence-corrected chi connectivity index (χ2v) is 9.88. The van der Waals surface area contributed by atoms with Crippen LogP contribution >= 0.6 is 0 Å². The Hall–Kier alpha value is -3.75. The van der Waals surface area contributed by atoms with Gasteiger partial charge >= 0.3 is 12.1 Å². The van der Waals surface area contributed by atoms with E-state index in [4.69, 9.17) is 14.9 Å². The van der Waals surface area contributed by atoms with Crippen LogP contribution in [0.1, 0.15) is 62.7 Å². The van der Waals surface area contributed by atoms with Crippen LogP contribution in [0, 0.1) is 17.1 Å². The average molecular weight is 497 g/mol. The molecule has 192 valence electrons. The summed E-state index contributed by atoms with van der Waals surface area (Å²) in [6.07, 6.45) is 2.01. The zero-order chi connectivity index (χ0) is 26.6. The highest BCUT2D eigenvalue weighted by Crippen LogP contribution is 2.33. The number of aromatic nitrogens is 1.